The molecule has 138 valence electrons. The summed E-state index contributed by atoms with van der Waals surface area (Å²) in [5.41, 5.74) is 1.99. The molecule has 0 spiro atoms. The van der Waals surface area contributed by atoms with Gasteiger partial charge in [0.2, 0.25) is 0 Å². The second kappa shape index (κ2) is 7.63. The molecule has 2 aromatic rings. The van der Waals surface area contributed by atoms with Crippen molar-refractivity contribution in [3.8, 4) is 5.75 Å². The van der Waals surface area contributed by atoms with E-state index in [-0.39, 0.29) is 17.3 Å². The smallest absolute Gasteiger partial charge is 0.269 e. The number of likely N-dealkylation sites (N-methyl/N-ethyl adjacent to an activating group) is 1. The molecule has 1 heterocycles. The van der Waals surface area contributed by atoms with Crippen molar-refractivity contribution in [2.75, 3.05) is 6.54 Å². The molecule has 1 aliphatic rings. The van der Waals surface area contributed by atoms with E-state index in [2.05, 4.69) is 4.99 Å². The number of aliphatic imine (C=N–C) groups is 1. The van der Waals surface area contributed by atoms with E-state index < -0.39 is 4.92 Å². The monoisotopic (exact) mass is 383 g/mol. The molecule has 3 rings (SSSR count). The van der Waals surface area contributed by atoms with Crippen LogP contribution in [0.2, 0.25) is 0 Å². The number of thioether (sulfide) groups is 1. The topological polar surface area (TPSA) is 96.0 Å². The summed E-state index contributed by atoms with van der Waals surface area (Å²) >= 11 is 1.21. The van der Waals surface area contributed by atoms with Gasteiger partial charge in [-0.1, -0.05) is 6.07 Å². The number of phenolic OH excluding ortho intramolecular Hbond substituents is 1. The van der Waals surface area contributed by atoms with Crippen molar-refractivity contribution in [3.63, 3.8) is 0 Å². The fourth-order valence-corrected chi connectivity index (χ4v) is 3.60. The Labute approximate surface area is 160 Å². The SMILES string of the molecule is CCN1C(=O)/C(=C/c2ccc([N+](=O)[O-])cc2)SC1=Nc1ccc(C)cc1O. The summed E-state index contributed by atoms with van der Waals surface area (Å²) in [5.74, 6) is -0.134. The molecule has 1 N–H and O–H groups in total. The first-order valence-corrected chi connectivity index (χ1v) is 9.05. The molecule has 1 fully saturated rings. The van der Waals surface area contributed by atoms with E-state index in [0.29, 0.717) is 27.9 Å². The predicted octanol–water partition coefficient (Wildman–Crippen LogP) is 4.23. The van der Waals surface area contributed by atoms with Crippen LogP contribution in [0.4, 0.5) is 11.4 Å². The van der Waals surface area contributed by atoms with Crippen LogP contribution < -0.4 is 0 Å². The lowest BCUT2D eigenvalue weighted by Gasteiger charge is -2.12. The minimum Gasteiger partial charge on any atom is -0.506 e. The van der Waals surface area contributed by atoms with Crippen molar-refractivity contribution < 1.29 is 14.8 Å². The molecule has 0 radical (unpaired) electrons. The molecule has 0 aliphatic carbocycles. The maximum atomic E-state index is 12.6. The lowest BCUT2D eigenvalue weighted by atomic mass is 10.2. The summed E-state index contributed by atoms with van der Waals surface area (Å²) in [4.78, 5) is 29.4. The number of nitro benzene ring substituents is 1. The van der Waals surface area contributed by atoms with Gasteiger partial charge in [0.15, 0.2) is 5.17 Å². The number of aromatic hydroxyl groups is 1. The van der Waals surface area contributed by atoms with E-state index >= 15 is 0 Å². The van der Waals surface area contributed by atoms with Crippen molar-refractivity contribution in [1.82, 2.24) is 4.90 Å². The Kier molecular flexibility index (Phi) is 5.27. The molecule has 0 unspecified atom stereocenters. The van der Waals surface area contributed by atoms with Crippen LogP contribution in [0.5, 0.6) is 5.75 Å². The molecule has 27 heavy (non-hydrogen) atoms. The second-order valence-electron chi connectivity index (χ2n) is 5.90. The summed E-state index contributed by atoms with van der Waals surface area (Å²) in [6.45, 7) is 4.15. The number of carbonyl (C=O) groups is 1. The third-order valence-corrected chi connectivity index (χ3v) is 4.96. The fourth-order valence-electron chi connectivity index (χ4n) is 2.54. The molecule has 1 amide bonds. The van der Waals surface area contributed by atoms with Crippen LogP contribution in [-0.2, 0) is 4.79 Å². The van der Waals surface area contributed by atoms with Crippen LogP contribution >= 0.6 is 11.8 Å². The van der Waals surface area contributed by atoms with Gasteiger partial charge in [0.05, 0.1) is 9.83 Å². The Bertz CT molecular complexity index is 967. The average molecular weight is 383 g/mol. The molecule has 7 nitrogen and oxygen atoms in total. The van der Waals surface area contributed by atoms with Gasteiger partial charge in [-0.2, -0.15) is 0 Å². The highest BCUT2D eigenvalue weighted by Gasteiger charge is 2.32. The normalized spacial score (nSPS) is 17.1. The van der Waals surface area contributed by atoms with E-state index in [1.807, 2.05) is 19.9 Å². The highest BCUT2D eigenvalue weighted by Crippen LogP contribution is 2.36. The van der Waals surface area contributed by atoms with Crippen molar-refractivity contribution in [2.24, 2.45) is 4.99 Å². The first-order chi connectivity index (χ1) is 12.9. The largest absolute Gasteiger partial charge is 0.506 e. The van der Waals surface area contributed by atoms with Crippen molar-refractivity contribution >= 4 is 40.3 Å². The van der Waals surface area contributed by atoms with Crippen molar-refractivity contribution in [2.45, 2.75) is 13.8 Å². The van der Waals surface area contributed by atoms with Crippen molar-refractivity contribution in [3.05, 3.63) is 68.6 Å². The number of nitrogens with zero attached hydrogens (tertiary/aromatic N) is 3. The van der Waals surface area contributed by atoms with Gasteiger partial charge in [0, 0.05) is 18.7 Å². The zero-order valence-electron chi connectivity index (χ0n) is 14.7. The second-order valence-corrected chi connectivity index (χ2v) is 6.90. The molecular weight excluding hydrogens is 366 g/mol. The van der Waals surface area contributed by atoms with E-state index in [1.54, 1.807) is 30.3 Å². The molecule has 0 atom stereocenters. The number of hydrogen-bond acceptors (Lipinski definition) is 6. The number of amides is 1. The summed E-state index contributed by atoms with van der Waals surface area (Å²) in [6.07, 6.45) is 1.68. The fraction of sp³-hybridized carbons (Fsp3) is 0.158. The minimum absolute atomic E-state index is 0.00478. The van der Waals surface area contributed by atoms with Gasteiger partial charge in [-0.3, -0.25) is 19.8 Å². The predicted molar refractivity (Wildman–Crippen MR) is 106 cm³/mol. The van der Waals surface area contributed by atoms with Gasteiger partial charge in [-0.15, -0.1) is 0 Å². The van der Waals surface area contributed by atoms with Gasteiger partial charge in [-0.25, -0.2) is 4.99 Å². The Morgan fingerprint density at radius 2 is 1.96 bits per heavy atom. The third kappa shape index (κ3) is 4.01. The number of carbonyl (C=O) groups excluding carboxylic acids is 1. The van der Waals surface area contributed by atoms with Gasteiger partial charge < -0.3 is 5.11 Å². The molecule has 2 aromatic carbocycles. The highest BCUT2D eigenvalue weighted by molar-refractivity contribution is 8.18. The zero-order valence-corrected chi connectivity index (χ0v) is 15.6. The number of aryl methyl sites for hydroxylation is 1. The quantitative estimate of drug-likeness (QED) is 0.484. The molecule has 8 heteroatoms. The molecular formula is C19H17N3O4S. The van der Waals surface area contributed by atoms with E-state index in [1.165, 1.54) is 28.8 Å². The molecule has 0 saturated carbocycles. The van der Waals surface area contributed by atoms with Crippen LogP contribution in [0.15, 0.2) is 52.4 Å². The number of non-ortho nitro benzene ring substituents is 1. The van der Waals surface area contributed by atoms with Gasteiger partial charge in [0.1, 0.15) is 11.4 Å². The van der Waals surface area contributed by atoms with E-state index in [0.717, 1.165) is 5.56 Å². The summed E-state index contributed by atoms with van der Waals surface area (Å²) in [5, 5.41) is 21.3. The maximum Gasteiger partial charge on any atom is 0.269 e. The molecule has 1 aliphatic heterocycles. The maximum absolute atomic E-state index is 12.6. The van der Waals surface area contributed by atoms with Gasteiger partial charge in [-0.05, 0) is 67.1 Å². The first kappa shape index (κ1) is 18.7. The molecule has 0 bridgehead atoms. The van der Waals surface area contributed by atoms with Crippen LogP contribution in [0, 0.1) is 17.0 Å². The number of hydrogen-bond donors (Lipinski definition) is 1. The van der Waals surface area contributed by atoms with Crippen LogP contribution in [0.25, 0.3) is 6.08 Å². The minimum atomic E-state index is -0.468. The Hall–Kier alpha value is -3.13. The number of nitro groups is 1. The summed E-state index contributed by atoms with van der Waals surface area (Å²) in [6, 6.07) is 11.1. The first-order valence-electron chi connectivity index (χ1n) is 8.23. The highest BCUT2D eigenvalue weighted by atomic mass is 32.2. The number of rotatable bonds is 4. The lowest BCUT2D eigenvalue weighted by Crippen LogP contribution is -2.28. The van der Waals surface area contributed by atoms with Crippen LogP contribution in [0.1, 0.15) is 18.1 Å². The summed E-state index contributed by atoms with van der Waals surface area (Å²) in [7, 11) is 0. The number of amidine groups is 1. The van der Waals surface area contributed by atoms with Crippen LogP contribution in [0.3, 0.4) is 0 Å². The van der Waals surface area contributed by atoms with Gasteiger partial charge >= 0.3 is 0 Å². The zero-order chi connectivity index (χ0) is 19.6. The molecule has 0 aromatic heterocycles. The standard InChI is InChI=1S/C19H17N3O4S/c1-3-21-18(24)17(11-13-5-7-14(8-6-13)22(25)26)27-19(21)20-15-9-4-12(2)10-16(15)23/h4-11,23H,3H2,1-2H3/b17-11-,20-19?. The lowest BCUT2D eigenvalue weighted by molar-refractivity contribution is -0.384. The van der Waals surface area contributed by atoms with E-state index in [9.17, 15) is 20.0 Å². The summed E-state index contributed by atoms with van der Waals surface area (Å²) < 4.78 is 0. The number of benzene rings is 2. The third-order valence-electron chi connectivity index (χ3n) is 3.95. The Morgan fingerprint density at radius 3 is 2.56 bits per heavy atom. The molecule has 1 saturated heterocycles. The van der Waals surface area contributed by atoms with Crippen LogP contribution in [-0.4, -0.2) is 32.5 Å². The number of phenols is 1. The van der Waals surface area contributed by atoms with E-state index in [4.69, 9.17) is 0 Å². The Morgan fingerprint density at radius 1 is 1.26 bits per heavy atom. The van der Waals surface area contributed by atoms with Gasteiger partial charge in [0.25, 0.3) is 11.6 Å². The van der Waals surface area contributed by atoms with Crippen molar-refractivity contribution in [1.29, 1.82) is 0 Å². The average Bonchev–Trinajstić information content (AvgIpc) is 2.92. The Balaban J connectivity index is 1.92.